The van der Waals surface area contributed by atoms with E-state index in [1.165, 1.54) is 22.3 Å². The van der Waals surface area contributed by atoms with Crippen LogP contribution in [-0.2, 0) is 14.2 Å². The highest BCUT2D eigenvalue weighted by Crippen LogP contribution is 2.44. The molecule has 0 saturated carbocycles. The number of rotatable bonds is 3. The third-order valence-corrected chi connectivity index (χ3v) is 5.60. The number of benzene rings is 2. The quantitative estimate of drug-likeness (QED) is 0.902. The predicted octanol–water partition coefficient (Wildman–Crippen LogP) is 2.36. The molecule has 5 rings (SSSR count). The van der Waals surface area contributed by atoms with Crippen LogP contribution in [0.1, 0.15) is 17.0 Å². The number of hydrogen-bond donors (Lipinski definition) is 1. The van der Waals surface area contributed by atoms with Gasteiger partial charge in [-0.15, -0.1) is 0 Å². The van der Waals surface area contributed by atoms with E-state index < -0.39 is 11.9 Å². The van der Waals surface area contributed by atoms with Crippen molar-refractivity contribution in [1.29, 1.82) is 0 Å². The van der Waals surface area contributed by atoms with Crippen LogP contribution < -0.4 is 0 Å². The second-order valence-electron chi connectivity index (χ2n) is 7.30. The largest absolute Gasteiger partial charge is 0.448 e. The highest BCUT2D eigenvalue weighted by Gasteiger charge is 2.49. The number of ether oxygens (including phenoxy) is 3. The zero-order valence-electron chi connectivity index (χ0n) is 14.8. The number of hydrogen-bond acceptors (Lipinski definition) is 5. The molecule has 6 heteroatoms. The van der Waals surface area contributed by atoms with Crippen molar-refractivity contribution >= 4 is 6.09 Å². The van der Waals surface area contributed by atoms with E-state index >= 15 is 0 Å². The van der Waals surface area contributed by atoms with E-state index in [4.69, 9.17) is 14.2 Å². The molecule has 1 N–H and O–H groups in total. The van der Waals surface area contributed by atoms with Crippen LogP contribution in [0.3, 0.4) is 0 Å². The third-order valence-electron chi connectivity index (χ3n) is 5.60. The first-order chi connectivity index (χ1) is 13.2. The Bertz CT molecular complexity index is 839. The lowest BCUT2D eigenvalue weighted by molar-refractivity contribution is -0.218. The van der Waals surface area contributed by atoms with E-state index in [0.717, 1.165) is 0 Å². The van der Waals surface area contributed by atoms with Gasteiger partial charge in [-0.3, -0.25) is 0 Å². The first kappa shape index (κ1) is 16.7. The predicted molar refractivity (Wildman–Crippen MR) is 97.3 cm³/mol. The molecule has 27 heavy (non-hydrogen) atoms. The fourth-order valence-corrected chi connectivity index (χ4v) is 4.35. The van der Waals surface area contributed by atoms with Crippen LogP contribution in [0.25, 0.3) is 11.1 Å². The summed E-state index contributed by atoms with van der Waals surface area (Å²) in [4.78, 5) is 14.2. The van der Waals surface area contributed by atoms with Crippen molar-refractivity contribution in [3.63, 3.8) is 0 Å². The monoisotopic (exact) mass is 367 g/mol. The Morgan fingerprint density at radius 1 is 1.15 bits per heavy atom. The molecule has 1 aliphatic carbocycles. The number of aliphatic hydroxyl groups is 1. The average Bonchev–Trinajstić information content (AvgIpc) is 3.20. The molecule has 0 aromatic heterocycles. The molecular weight excluding hydrogens is 346 g/mol. The van der Waals surface area contributed by atoms with Crippen molar-refractivity contribution in [2.75, 3.05) is 32.9 Å². The summed E-state index contributed by atoms with van der Waals surface area (Å²) in [7, 11) is 0. The van der Waals surface area contributed by atoms with Gasteiger partial charge in [-0.25, -0.2) is 4.79 Å². The summed E-state index contributed by atoms with van der Waals surface area (Å²) < 4.78 is 16.9. The van der Waals surface area contributed by atoms with Gasteiger partial charge in [-0.1, -0.05) is 48.5 Å². The van der Waals surface area contributed by atoms with Gasteiger partial charge < -0.3 is 24.2 Å². The topological polar surface area (TPSA) is 68.2 Å². The summed E-state index contributed by atoms with van der Waals surface area (Å²) >= 11 is 0. The highest BCUT2D eigenvalue weighted by molar-refractivity contribution is 5.79. The maximum absolute atomic E-state index is 12.7. The van der Waals surface area contributed by atoms with E-state index in [1.807, 2.05) is 24.3 Å². The molecule has 3 aliphatic rings. The lowest BCUT2D eigenvalue weighted by Gasteiger charge is -2.36. The van der Waals surface area contributed by atoms with Gasteiger partial charge in [0.1, 0.15) is 12.7 Å². The van der Waals surface area contributed by atoms with Crippen molar-refractivity contribution in [1.82, 2.24) is 4.90 Å². The molecule has 2 aromatic carbocycles. The summed E-state index contributed by atoms with van der Waals surface area (Å²) in [5.41, 5.74) is 4.77. The molecule has 2 bridgehead atoms. The van der Waals surface area contributed by atoms with E-state index in [1.54, 1.807) is 4.90 Å². The zero-order chi connectivity index (χ0) is 18.4. The van der Waals surface area contributed by atoms with Crippen molar-refractivity contribution < 1.29 is 24.1 Å². The SMILES string of the molecule is O=C(OCC1c2ccccc2-c2ccccc21)N1C[C@H]2CO[C@@](CO)(C1)O2. The van der Waals surface area contributed by atoms with E-state index in [2.05, 4.69) is 24.3 Å². The lowest BCUT2D eigenvalue weighted by Crippen LogP contribution is -2.55. The molecule has 0 unspecified atom stereocenters. The molecule has 0 spiro atoms. The van der Waals surface area contributed by atoms with Crippen molar-refractivity contribution in [3.05, 3.63) is 59.7 Å². The molecule has 2 heterocycles. The van der Waals surface area contributed by atoms with Gasteiger partial charge in [0.25, 0.3) is 0 Å². The number of nitrogens with zero attached hydrogens (tertiary/aromatic N) is 1. The molecule has 1 amide bonds. The van der Waals surface area contributed by atoms with Crippen LogP contribution >= 0.6 is 0 Å². The van der Waals surface area contributed by atoms with Crippen LogP contribution in [0.2, 0.25) is 0 Å². The minimum Gasteiger partial charge on any atom is -0.448 e. The highest BCUT2D eigenvalue weighted by atomic mass is 16.8. The number of fused-ring (bicyclic) bond motifs is 5. The number of carbonyl (C=O) groups is 1. The van der Waals surface area contributed by atoms with Crippen molar-refractivity contribution in [2.45, 2.75) is 17.8 Å². The van der Waals surface area contributed by atoms with Crippen LogP contribution in [0, 0.1) is 0 Å². The lowest BCUT2D eigenvalue weighted by atomic mass is 9.98. The second kappa shape index (κ2) is 6.34. The Labute approximate surface area is 157 Å². The Morgan fingerprint density at radius 3 is 2.48 bits per heavy atom. The molecule has 2 saturated heterocycles. The van der Waals surface area contributed by atoms with Gasteiger partial charge in [-0.05, 0) is 22.3 Å². The van der Waals surface area contributed by atoms with Gasteiger partial charge in [0, 0.05) is 5.92 Å². The molecule has 2 aliphatic heterocycles. The third kappa shape index (κ3) is 2.72. The zero-order valence-corrected chi connectivity index (χ0v) is 14.8. The van der Waals surface area contributed by atoms with Gasteiger partial charge in [-0.2, -0.15) is 0 Å². The Hall–Kier alpha value is -2.41. The summed E-state index contributed by atoms with van der Waals surface area (Å²) in [6, 6.07) is 16.5. The van der Waals surface area contributed by atoms with Crippen LogP contribution in [-0.4, -0.2) is 60.9 Å². The van der Waals surface area contributed by atoms with Gasteiger partial charge in [0.05, 0.1) is 26.3 Å². The van der Waals surface area contributed by atoms with Crippen LogP contribution in [0.4, 0.5) is 4.79 Å². The van der Waals surface area contributed by atoms with Crippen molar-refractivity contribution in [2.24, 2.45) is 0 Å². The van der Waals surface area contributed by atoms with E-state index in [0.29, 0.717) is 13.2 Å². The molecule has 2 aromatic rings. The Kier molecular flexibility index (Phi) is 3.93. The average molecular weight is 367 g/mol. The van der Waals surface area contributed by atoms with Crippen molar-refractivity contribution in [3.8, 4) is 11.1 Å². The summed E-state index contributed by atoms with van der Waals surface area (Å²) in [6.07, 6.45) is -0.611. The number of aliphatic hydroxyl groups excluding tert-OH is 1. The maximum atomic E-state index is 12.7. The number of amides is 1. The molecule has 140 valence electrons. The van der Waals surface area contributed by atoms with Crippen LogP contribution in [0.5, 0.6) is 0 Å². The summed E-state index contributed by atoms with van der Waals surface area (Å²) in [5, 5.41) is 9.56. The maximum Gasteiger partial charge on any atom is 0.410 e. The van der Waals surface area contributed by atoms with E-state index in [-0.39, 0.29) is 31.8 Å². The van der Waals surface area contributed by atoms with Gasteiger partial charge in [0.15, 0.2) is 0 Å². The first-order valence-electron chi connectivity index (χ1n) is 9.22. The normalized spacial score (nSPS) is 26.0. The molecule has 2 atom stereocenters. The number of morpholine rings is 1. The summed E-state index contributed by atoms with van der Waals surface area (Å²) in [5.74, 6) is -1.07. The standard InChI is InChI=1S/C21H21NO5/c23-13-21-12-22(9-14(27-21)10-26-21)20(24)25-11-19-17-7-3-1-5-15(17)16-6-2-4-8-18(16)19/h1-8,14,19,23H,9-13H2/t14-,21-/m0/s1. The molecular formula is C21H21NO5. The fourth-order valence-electron chi connectivity index (χ4n) is 4.35. The minimum absolute atomic E-state index is 0.0298. The molecule has 6 nitrogen and oxygen atoms in total. The first-order valence-corrected chi connectivity index (χ1v) is 9.22. The van der Waals surface area contributed by atoms with Gasteiger partial charge >= 0.3 is 6.09 Å². The Balaban J connectivity index is 1.33. The smallest absolute Gasteiger partial charge is 0.410 e. The molecule has 2 fully saturated rings. The van der Waals surface area contributed by atoms with Crippen LogP contribution in [0.15, 0.2) is 48.5 Å². The van der Waals surface area contributed by atoms with Gasteiger partial charge in [0.2, 0.25) is 5.79 Å². The second-order valence-corrected chi connectivity index (χ2v) is 7.30. The number of carbonyl (C=O) groups excluding carboxylic acids is 1. The fraction of sp³-hybridized carbons (Fsp3) is 0.381. The summed E-state index contributed by atoms with van der Waals surface area (Å²) in [6.45, 7) is 0.974. The van der Waals surface area contributed by atoms with E-state index in [9.17, 15) is 9.90 Å². The minimum atomic E-state index is -1.10. The molecule has 0 radical (unpaired) electrons. The Morgan fingerprint density at radius 2 is 1.81 bits per heavy atom.